The van der Waals surface area contributed by atoms with Crippen LogP contribution in [0.1, 0.15) is 16.7 Å². The minimum atomic E-state index is 0.341. The van der Waals surface area contributed by atoms with Crippen LogP contribution in [0, 0.1) is 22.7 Å². The minimum Gasteiger partial charge on any atom is -0.496 e. The normalized spacial score (nSPS) is 9.52. The number of nitrogens with one attached hydrogen (secondary N) is 1. The smallest absolute Gasteiger partial charge is 0.125 e. The molecule has 2 aromatic rings. The Bertz CT molecular complexity index is 744. The van der Waals surface area contributed by atoms with Crippen LogP contribution in [0.15, 0.2) is 36.4 Å². The van der Waals surface area contributed by atoms with Crippen LogP contribution in [-0.2, 0) is 6.54 Å². The van der Waals surface area contributed by atoms with Gasteiger partial charge >= 0.3 is 0 Å². The highest BCUT2D eigenvalue weighted by molar-refractivity contribution is 6.31. The summed E-state index contributed by atoms with van der Waals surface area (Å²) in [6.07, 6.45) is 0. The van der Waals surface area contributed by atoms with Crippen molar-refractivity contribution in [2.24, 2.45) is 0 Å². The van der Waals surface area contributed by atoms with Crippen molar-refractivity contribution in [3.8, 4) is 17.9 Å². The van der Waals surface area contributed by atoms with Gasteiger partial charge in [0.15, 0.2) is 0 Å². The van der Waals surface area contributed by atoms with Gasteiger partial charge in [-0.05, 0) is 30.3 Å². The van der Waals surface area contributed by atoms with Gasteiger partial charge in [-0.25, -0.2) is 0 Å². The Morgan fingerprint density at radius 1 is 1.14 bits per heavy atom. The van der Waals surface area contributed by atoms with Gasteiger partial charge in [0, 0.05) is 22.8 Å². The number of hydrogen-bond acceptors (Lipinski definition) is 4. The molecule has 0 atom stereocenters. The van der Waals surface area contributed by atoms with E-state index in [1.54, 1.807) is 31.4 Å². The summed E-state index contributed by atoms with van der Waals surface area (Å²) in [5, 5.41) is 21.7. The molecule has 4 nitrogen and oxygen atoms in total. The molecule has 2 rings (SSSR count). The van der Waals surface area contributed by atoms with Crippen molar-refractivity contribution in [1.29, 1.82) is 10.5 Å². The lowest BCUT2D eigenvalue weighted by molar-refractivity contribution is 0.410. The average molecular weight is 298 g/mol. The Hall–Kier alpha value is -2.69. The molecule has 104 valence electrons. The monoisotopic (exact) mass is 297 g/mol. The van der Waals surface area contributed by atoms with Gasteiger partial charge in [0.25, 0.3) is 0 Å². The number of nitrogens with zero attached hydrogens (tertiary/aromatic N) is 2. The maximum absolute atomic E-state index is 9.02. The summed E-state index contributed by atoms with van der Waals surface area (Å²) < 4.78 is 5.28. The Kier molecular flexibility index (Phi) is 4.66. The number of benzene rings is 2. The van der Waals surface area contributed by atoms with Crippen molar-refractivity contribution in [2.75, 3.05) is 12.4 Å². The topological polar surface area (TPSA) is 68.8 Å². The molecular weight excluding hydrogens is 286 g/mol. The van der Waals surface area contributed by atoms with Crippen molar-refractivity contribution < 1.29 is 4.74 Å². The van der Waals surface area contributed by atoms with Gasteiger partial charge in [-0.15, -0.1) is 0 Å². The first kappa shape index (κ1) is 14.7. The second-order valence-electron chi connectivity index (χ2n) is 4.26. The molecule has 0 unspecified atom stereocenters. The Labute approximate surface area is 128 Å². The highest BCUT2D eigenvalue weighted by Gasteiger charge is 2.08. The van der Waals surface area contributed by atoms with Crippen molar-refractivity contribution in [3.05, 3.63) is 58.1 Å². The van der Waals surface area contributed by atoms with Crippen LogP contribution in [0.4, 0.5) is 5.69 Å². The molecular formula is C16H12ClN3O. The molecule has 0 radical (unpaired) electrons. The number of anilines is 1. The number of rotatable bonds is 4. The molecule has 0 amide bonds. The molecule has 0 aliphatic heterocycles. The number of halogens is 1. The SMILES string of the molecule is COc1cccc(Cl)c1CNc1ccc(C#N)c(C#N)c1. The van der Waals surface area contributed by atoms with Crippen LogP contribution in [0.3, 0.4) is 0 Å². The summed E-state index contributed by atoms with van der Waals surface area (Å²) in [6, 6.07) is 14.4. The molecule has 0 aliphatic carbocycles. The molecule has 0 spiro atoms. The lowest BCUT2D eigenvalue weighted by Gasteiger charge is -2.12. The fourth-order valence-corrected chi connectivity index (χ4v) is 2.17. The van der Waals surface area contributed by atoms with Crippen LogP contribution in [0.25, 0.3) is 0 Å². The number of methoxy groups -OCH3 is 1. The molecule has 0 fully saturated rings. The summed E-state index contributed by atoms with van der Waals surface area (Å²) in [5.74, 6) is 0.698. The van der Waals surface area contributed by atoms with Crippen molar-refractivity contribution >= 4 is 17.3 Å². The first-order valence-electron chi connectivity index (χ1n) is 6.19. The van der Waals surface area contributed by atoms with E-state index >= 15 is 0 Å². The molecule has 0 aliphatic rings. The summed E-state index contributed by atoms with van der Waals surface area (Å²) >= 11 is 6.17. The molecule has 2 aromatic carbocycles. The molecule has 5 heteroatoms. The third kappa shape index (κ3) is 3.25. The van der Waals surface area contributed by atoms with Crippen LogP contribution in [-0.4, -0.2) is 7.11 Å². The van der Waals surface area contributed by atoms with E-state index in [2.05, 4.69) is 5.32 Å². The Morgan fingerprint density at radius 2 is 1.90 bits per heavy atom. The van der Waals surface area contributed by atoms with Gasteiger partial charge in [-0.3, -0.25) is 0 Å². The van der Waals surface area contributed by atoms with Crippen LogP contribution < -0.4 is 10.1 Å². The number of hydrogen-bond donors (Lipinski definition) is 1. The highest BCUT2D eigenvalue weighted by Crippen LogP contribution is 2.27. The molecule has 0 heterocycles. The largest absolute Gasteiger partial charge is 0.496 e. The van der Waals surface area contributed by atoms with E-state index in [0.29, 0.717) is 28.4 Å². The molecule has 0 aromatic heterocycles. The van der Waals surface area contributed by atoms with Crippen LogP contribution in [0.2, 0.25) is 5.02 Å². The summed E-state index contributed by atoms with van der Waals surface area (Å²) in [7, 11) is 1.59. The predicted octanol–water partition coefficient (Wildman–Crippen LogP) is 3.70. The summed E-state index contributed by atoms with van der Waals surface area (Å²) in [4.78, 5) is 0. The third-order valence-electron chi connectivity index (χ3n) is 3.03. The first-order valence-corrected chi connectivity index (χ1v) is 6.57. The van der Waals surface area contributed by atoms with Crippen LogP contribution in [0.5, 0.6) is 5.75 Å². The quantitative estimate of drug-likeness (QED) is 0.934. The van der Waals surface area contributed by atoms with E-state index in [9.17, 15) is 0 Å². The predicted molar refractivity (Wildman–Crippen MR) is 81.2 cm³/mol. The van der Waals surface area contributed by atoms with Gasteiger partial charge in [0.1, 0.15) is 17.9 Å². The van der Waals surface area contributed by atoms with Gasteiger partial charge in [0.2, 0.25) is 0 Å². The zero-order chi connectivity index (χ0) is 15.2. The van der Waals surface area contributed by atoms with E-state index in [4.69, 9.17) is 26.9 Å². The Balaban J connectivity index is 2.22. The van der Waals surface area contributed by atoms with Gasteiger partial charge in [0.05, 0.1) is 18.2 Å². The van der Waals surface area contributed by atoms with Crippen molar-refractivity contribution in [3.63, 3.8) is 0 Å². The van der Waals surface area contributed by atoms with E-state index in [1.165, 1.54) is 0 Å². The minimum absolute atomic E-state index is 0.341. The molecule has 0 bridgehead atoms. The lowest BCUT2D eigenvalue weighted by Crippen LogP contribution is -2.03. The van der Waals surface area contributed by atoms with Crippen molar-refractivity contribution in [1.82, 2.24) is 0 Å². The summed E-state index contributed by atoms with van der Waals surface area (Å²) in [5.41, 5.74) is 2.28. The standard InChI is InChI=1S/C16H12ClN3O/c1-21-16-4-2-3-15(17)14(16)10-20-13-6-5-11(8-18)12(7-13)9-19/h2-7,20H,10H2,1H3. The molecule has 0 saturated carbocycles. The first-order chi connectivity index (χ1) is 10.2. The second-order valence-corrected chi connectivity index (χ2v) is 4.67. The fourth-order valence-electron chi connectivity index (χ4n) is 1.94. The van der Waals surface area contributed by atoms with Crippen LogP contribution >= 0.6 is 11.6 Å². The van der Waals surface area contributed by atoms with Gasteiger partial charge in [-0.1, -0.05) is 17.7 Å². The van der Waals surface area contributed by atoms with Gasteiger partial charge < -0.3 is 10.1 Å². The maximum Gasteiger partial charge on any atom is 0.125 e. The maximum atomic E-state index is 9.02. The fraction of sp³-hybridized carbons (Fsp3) is 0.125. The van der Waals surface area contributed by atoms with E-state index < -0.39 is 0 Å². The zero-order valence-electron chi connectivity index (χ0n) is 11.4. The number of nitriles is 2. The molecule has 21 heavy (non-hydrogen) atoms. The number of ether oxygens (including phenoxy) is 1. The Morgan fingerprint density at radius 3 is 2.57 bits per heavy atom. The van der Waals surface area contributed by atoms with E-state index in [0.717, 1.165) is 11.3 Å². The van der Waals surface area contributed by atoms with E-state index in [-0.39, 0.29) is 0 Å². The van der Waals surface area contributed by atoms with E-state index in [1.807, 2.05) is 24.3 Å². The lowest BCUT2D eigenvalue weighted by atomic mass is 10.1. The summed E-state index contributed by atoms with van der Waals surface area (Å²) in [6.45, 7) is 0.458. The van der Waals surface area contributed by atoms with Crippen molar-refractivity contribution in [2.45, 2.75) is 6.54 Å². The molecule has 0 saturated heterocycles. The molecule has 1 N–H and O–H groups in total. The third-order valence-corrected chi connectivity index (χ3v) is 3.38. The average Bonchev–Trinajstić information content (AvgIpc) is 2.53. The zero-order valence-corrected chi connectivity index (χ0v) is 12.1. The highest BCUT2D eigenvalue weighted by atomic mass is 35.5. The second kappa shape index (κ2) is 6.65. The van der Waals surface area contributed by atoms with Gasteiger partial charge in [-0.2, -0.15) is 10.5 Å².